The maximum atomic E-state index is 12.1. The Bertz CT molecular complexity index is 987. The fraction of sp³-hybridized carbons (Fsp3) is 0.583. The third-order valence-electron chi connectivity index (χ3n) is 6.25. The first-order valence-corrected chi connectivity index (χ1v) is 12.3. The molecule has 0 saturated carbocycles. The molecule has 0 spiro atoms. The summed E-state index contributed by atoms with van der Waals surface area (Å²) in [6.45, 7) is 9.81. The molecule has 2 saturated heterocycles. The lowest BCUT2D eigenvalue weighted by Crippen LogP contribution is -2.45. The highest BCUT2D eigenvalue weighted by Crippen LogP contribution is 2.28. The lowest BCUT2D eigenvalue weighted by molar-refractivity contribution is -0.127. The van der Waals surface area contributed by atoms with Gasteiger partial charge < -0.3 is 30.1 Å². The van der Waals surface area contributed by atoms with Crippen molar-refractivity contribution in [2.45, 2.75) is 31.8 Å². The summed E-state index contributed by atoms with van der Waals surface area (Å²) in [5, 5.41) is 11.3. The van der Waals surface area contributed by atoms with Crippen molar-refractivity contribution in [2.24, 2.45) is 0 Å². The Labute approximate surface area is 207 Å². The Kier molecular flexibility index (Phi) is 8.54. The zero-order chi connectivity index (χ0) is 24.6. The molecule has 2 aromatic rings. The van der Waals surface area contributed by atoms with Crippen molar-refractivity contribution in [3.63, 3.8) is 0 Å². The second-order valence-electron chi connectivity index (χ2n) is 9.27. The van der Waals surface area contributed by atoms with Crippen LogP contribution in [0.25, 0.3) is 0 Å². The fourth-order valence-electron chi connectivity index (χ4n) is 4.42. The number of likely N-dealkylation sites (tertiary alicyclic amines) is 1. The van der Waals surface area contributed by atoms with Gasteiger partial charge in [0.2, 0.25) is 11.9 Å². The van der Waals surface area contributed by atoms with Crippen molar-refractivity contribution < 1.29 is 9.53 Å². The molecular weight excluding hydrogens is 446 g/mol. The normalized spacial score (nSPS) is 18.5. The number of carbonyl (C=O) groups excluding carboxylic acids is 1. The quantitative estimate of drug-likeness (QED) is 0.490. The standard InChI is InChI=1S/C24H37N9O2/c1-4-22(34)32-9-5-7-19(17-32)27-23-21(31-11-13-35-14-12-31)16-25-24(29-23)28-20-15-26-33(18-20)10-6-8-30(2)3/h4,15-16,18-19H,1,5-14,17H2,2-3H3,(H2,25,27,28,29)/t19-/m1/s1. The molecule has 4 heterocycles. The fourth-order valence-corrected chi connectivity index (χ4v) is 4.42. The molecule has 2 aromatic heterocycles. The van der Waals surface area contributed by atoms with Gasteiger partial charge in [0.15, 0.2) is 5.82 Å². The summed E-state index contributed by atoms with van der Waals surface area (Å²) in [4.78, 5) is 27.8. The van der Waals surface area contributed by atoms with Crippen LogP contribution in [0.5, 0.6) is 0 Å². The number of piperidine rings is 1. The van der Waals surface area contributed by atoms with Crippen molar-refractivity contribution >= 4 is 29.0 Å². The highest BCUT2D eigenvalue weighted by molar-refractivity contribution is 5.87. The Hall–Kier alpha value is -3.18. The molecule has 1 amide bonds. The van der Waals surface area contributed by atoms with Gasteiger partial charge in [-0.15, -0.1) is 0 Å². The molecule has 11 nitrogen and oxygen atoms in total. The van der Waals surface area contributed by atoms with E-state index in [1.165, 1.54) is 6.08 Å². The van der Waals surface area contributed by atoms with E-state index in [9.17, 15) is 4.79 Å². The van der Waals surface area contributed by atoms with E-state index < -0.39 is 0 Å². The number of amides is 1. The van der Waals surface area contributed by atoms with Gasteiger partial charge in [0.25, 0.3) is 0 Å². The van der Waals surface area contributed by atoms with Crippen LogP contribution in [0, 0.1) is 0 Å². The molecule has 0 aliphatic carbocycles. The first-order chi connectivity index (χ1) is 17.0. The molecule has 0 aromatic carbocycles. The van der Waals surface area contributed by atoms with Crippen molar-refractivity contribution in [3.05, 3.63) is 31.2 Å². The number of hydrogen-bond acceptors (Lipinski definition) is 9. The number of aromatic nitrogens is 4. The summed E-state index contributed by atoms with van der Waals surface area (Å²) in [6, 6.07) is 0.106. The summed E-state index contributed by atoms with van der Waals surface area (Å²) in [5.41, 5.74) is 1.80. The second-order valence-corrected chi connectivity index (χ2v) is 9.27. The Morgan fingerprint density at radius 3 is 2.89 bits per heavy atom. The molecule has 0 radical (unpaired) electrons. The number of rotatable bonds is 10. The summed E-state index contributed by atoms with van der Waals surface area (Å²) in [6.07, 6.45) is 9.95. The molecule has 190 valence electrons. The number of nitrogens with zero attached hydrogens (tertiary/aromatic N) is 7. The molecule has 35 heavy (non-hydrogen) atoms. The van der Waals surface area contributed by atoms with E-state index in [1.54, 1.807) is 6.20 Å². The molecule has 11 heteroatoms. The average Bonchev–Trinajstić information content (AvgIpc) is 3.31. The minimum absolute atomic E-state index is 0.0301. The van der Waals surface area contributed by atoms with Gasteiger partial charge in [-0.2, -0.15) is 10.1 Å². The number of ether oxygens (including phenoxy) is 1. The minimum atomic E-state index is -0.0301. The SMILES string of the molecule is C=CC(=O)N1CCC[C@@H](Nc2nc(Nc3cnn(CCCN(C)C)c3)ncc2N2CCOCC2)C1. The molecule has 2 fully saturated rings. The monoisotopic (exact) mass is 483 g/mol. The van der Waals surface area contributed by atoms with E-state index in [1.807, 2.05) is 22.0 Å². The van der Waals surface area contributed by atoms with E-state index in [-0.39, 0.29) is 11.9 Å². The first kappa shape index (κ1) is 24.9. The number of nitrogens with one attached hydrogen (secondary N) is 2. The van der Waals surface area contributed by atoms with Gasteiger partial charge in [-0.25, -0.2) is 4.98 Å². The van der Waals surface area contributed by atoms with Crippen molar-refractivity contribution in [1.29, 1.82) is 0 Å². The molecule has 2 N–H and O–H groups in total. The number of aryl methyl sites for hydroxylation is 1. The second kappa shape index (κ2) is 12.0. The Balaban J connectivity index is 1.48. The van der Waals surface area contributed by atoms with Crippen LogP contribution < -0.4 is 15.5 Å². The smallest absolute Gasteiger partial charge is 0.246 e. The third-order valence-corrected chi connectivity index (χ3v) is 6.25. The van der Waals surface area contributed by atoms with Crippen molar-refractivity contribution in [3.8, 4) is 0 Å². The van der Waals surface area contributed by atoms with E-state index >= 15 is 0 Å². The van der Waals surface area contributed by atoms with Crippen LogP contribution in [0.4, 0.5) is 23.1 Å². The van der Waals surface area contributed by atoms with Gasteiger partial charge in [-0.3, -0.25) is 9.48 Å². The highest BCUT2D eigenvalue weighted by atomic mass is 16.5. The third kappa shape index (κ3) is 6.92. The van der Waals surface area contributed by atoms with E-state index in [4.69, 9.17) is 9.72 Å². The van der Waals surface area contributed by atoms with Gasteiger partial charge in [0.1, 0.15) is 0 Å². The molecule has 4 rings (SSSR count). The molecule has 0 bridgehead atoms. The number of carbonyl (C=O) groups is 1. The molecular formula is C24H37N9O2. The van der Waals surface area contributed by atoms with Crippen LogP contribution in [-0.4, -0.2) is 102 Å². The topological polar surface area (TPSA) is 104 Å². The summed E-state index contributed by atoms with van der Waals surface area (Å²) in [7, 11) is 4.14. The van der Waals surface area contributed by atoms with Gasteiger partial charge in [0.05, 0.1) is 37.0 Å². The Morgan fingerprint density at radius 1 is 1.29 bits per heavy atom. The van der Waals surface area contributed by atoms with Crippen LogP contribution in [0.1, 0.15) is 19.3 Å². The zero-order valence-corrected chi connectivity index (χ0v) is 20.8. The first-order valence-electron chi connectivity index (χ1n) is 12.3. The zero-order valence-electron chi connectivity index (χ0n) is 20.8. The summed E-state index contributed by atoms with van der Waals surface area (Å²) >= 11 is 0. The molecule has 0 unspecified atom stereocenters. The maximum Gasteiger partial charge on any atom is 0.246 e. The molecule has 1 atom stereocenters. The van der Waals surface area contributed by atoms with Crippen LogP contribution in [-0.2, 0) is 16.1 Å². The molecule has 2 aliphatic heterocycles. The minimum Gasteiger partial charge on any atom is -0.378 e. The van der Waals surface area contributed by atoms with Crippen LogP contribution in [0.3, 0.4) is 0 Å². The Morgan fingerprint density at radius 2 is 2.11 bits per heavy atom. The number of anilines is 4. The maximum absolute atomic E-state index is 12.1. The number of morpholine rings is 1. The van der Waals surface area contributed by atoms with Gasteiger partial charge in [-0.1, -0.05) is 6.58 Å². The van der Waals surface area contributed by atoms with E-state index in [2.05, 4.69) is 51.2 Å². The van der Waals surface area contributed by atoms with Crippen molar-refractivity contribution in [1.82, 2.24) is 29.5 Å². The van der Waals surface area contributed by atoms with Gasteiger partial charge >= 0.3 is 0 Å². The highest BCUT2D eigenvalue weighted by Gasteiger charge is 2.25. The average molecular weight is 484 g/mol. The lowest BCUT2D eigenvalue weighted by atomic mass is 10.1. The predicted molar refractivity (Wildman–Crippen MR) is 137 cm³/mol. The van der Waals surface area contributed by atoms with E-state index in [0.717, 1.165) is 69.2 Å². The van der Waals surface area contributed by atoms with Crippen LogP contribution in [0.15, 0.2) is 31.2 Å². The van der Waals surface area contributed by atoms with Crippen molar-refractivity contribution in [2.75, 3.05) is 75.6 Å². The van der Waals surface area contributed by atoms with Crippen LogP contribution >= 0.6 is 0 Å². The predicted octanol–water partition coefficient (Wildman–Crippen LogP) is 1.79. The van der Waals surface area contributed by atoms with Gasteiger partial charge in [0, 0.05) is 45.0 Å². The van der Waals surface area contributed by atoms with Gasteiger partial charge in [-0.05, 0) is 46.0 Å². The lowest BCUT2D eigenvalue weighted by Gasteiger charge is -2.35. The van der Waals surface area contributed by atoms with Crippen LogP contribution in [0.2, 0.25) is 0 Å². The van der Waals surface area contributed by atoms with E-state index in [0.29, 0.717) is 25.7 Å². The summed E-state index contributed by atoms with van der Waals surface area (Å²) in [5.74, 6) is 1.24. The largest absolute Gasteiger partial charge is 0.378 e. The number of hydrogen-bond donors (Lipinski definition) is 2. The molecule has 2 aliphatic rings. The summed E-state index contributed by atoms with van der Waals surface area (Å²) < 4.78 is 7.46.